The van der Waals surface area contributed by atoms with Gasteiger partial charge in [0.2, 0.25) is 16.8 Å². The molecule has 2 rings (SSSR count). The summed E-state index contributed by atoms with van der Waals surface area (Å²) in [5.41, 5.74) is 0. The van der Waals surface area contributed by atoms with Crippen molar-refractivity contribution < 1.29 is 27.5 Å². The van der Waals surface area contributed by atoms with E-state index >= 15 is 0 Å². The van der Waals surface area contributed by atoms with E-state index in [0.29, 0.717) is 13.1 Å². The first kappa shape index (κ1) is 14.5. The summed E-state index contributed by atoms with van der Waals surface area (Å²) in [5, 5.41) is 8.13. The van der Waals surface area contributed by atoms with Crippen LogP contribution in [0.5, 0.6) is 0 Å². The van der Waals surface area contributed by atoms with Crippen LogP contribution in [0.25, 0.3) is 0 Å². The molecule has 0 atom stereocenters. The number of hydrogen-bond donors (Lipinski definition) is 2. The summed E-state index contributed by atoms with van der Waals surface area (Å²) in [4.78, 5) is 23.9. The Labute approximate surface area is 115 Å². The normalized spacial score (nSPS) is 15.5. The average Bonchev–Trinajstić information content (AvgIpc) is 3.06. The Kier molecular flexibility index (Phi) is 4.09. The minimum atomic E-state index is -4.03. The number of furan rings is 1. The van der Waals surface area contributed by atoms with Gasteiger partial charge in [-0.05, 0) is 25.0 Å². The van der Waals surface area contributed by atoms with Crippen molar-refractivity contribution in [1.29, 1.82) is 0 Å². The van der Waals surface area contributed by atoms with Crippen LogP contribution in [0.15, 0.2) is 21.6 Å². The molecule has 9 heteroatoms. The number of carbonyl (C=O) groups excluding carboxylic acids is 1. The number of carboxylic acid groups (broad SMARTS) is 1. The van der Waals surface area contributed by atoms with E-state index in [1.807, 2.05) is 0 Å². The molecule has 0 spiro atoms. The van der Waals surface area contributed by atoms with Gasteiger partial charge in [0.25, 0.3) is 10.0 Å². The third-order valence-corrected chi connectivity index (χ3v) is 4.20. The number of rotatable bonds is 5. The largest absolute Gasteiger partial charge is 0.475 e. The molecule has 1 amide bonds. The third-order valence-electron chi connectivity index (χ3n) is 2.93. The van der Waals surface area contributed by atoms with Gasteiger partial charge in [0.1, 0.15) is 0 Å². The van der Waals surface area contributed by atoms with Crippen molar-refractivity contribution in [3.63, 3.8) is 0 Å². The van der Waals surface area contributed by atoms with Crippen LogP contribution >= 0.6 is 0 Å². The van der Waals surface area contributed by atoms with Crippen molar-refractivity contribution in [2.45, 2.75) is 17.9 Å². The minimum Gasteiger partial charge on any atom is -0.475 e. The number of nitrogens with zero attached hydrogens (tertiary/aromatic N) is 1. The van der Waals surface area contributed by atoms with Crippen LogP contribution in [-0.4, -0.2) is 49.9 Å². The van der Waals surface area contributed by atoms with Crippen LogP contribution in [0.3, 0.4) is 0 Å². The van der Waals surface area contributed by atoms with Gasteiger partial charge in [0, 0.05) is 13.1 Å². The van der Waals surface area contributed by atoms with E-state index in [-0.39, 0.29) is 12.5 Å². The molecular weight excluding hydrogens is 288 g/mol. The second-order valence-electron chi connectivity index (χ2n) is 4.34. The second kappa shape index (κ2) is 5.63. The zero-order chi connectivity index (χ0) is 14.8. The van der Waals surface area contributed by atoms with Crippen LogP contribution in [0, 0.1) is 0 Å². The van der Waals surface area contributed by atoms with Crippen LogP contribution in [0.1, 0.15) is 23.4 Å². The van der Waals surface area contributed by atoms with Crippen molar-refractivity contribution in [1.82, 2.24) is 9.62 Å². The Bertz CT molecular complexity index is 615. The standard InChI is InChI=1S/C11H14N2O6S/c14-9(13-5-1-2-6-13)7-12-20(17,18)10-4-3-8(19-10)11(15)16/h3-4,12H,1-2,5-7H2,(H,15,16). The Morgan fingerprint density at radius 2 is 1.95 bits per heavy atom. The van der Waals surface area contributed by atoms with Crippen molar-refractivity contribution in [2.75, 3.05) is 19.6 Å². The molecule has 0 radical (unpaired) electrons. The van der Waals surface area contributed by atoms with Crippen molar-refractivity contribution in [3.8, 4) is 0 Å². The van der Waals surface area contributed by atoms with Crippen LogP contribution in [-0.2, 0) is 14.8 Å². The lowest BCUT2D eigenvalue weighted by Gasteiger charge is -2.14. The van der Waals surface area contributed by atoms with E-state index in [1.165, 1.54) is 0 Å². The van der Waals surface area contributed by atoms with Gasteiger partial charge in [-0.25, -0.2) is 13.2 Å². The first-order valence-corrected chi connectivity index (χ1v) is 7.49. The molecule has 0 unspecified atom stereocenters. The Morgan fingerprint density at radius 1 is 1.30 bits per heavy atom. The Morgan fingerprint density at radius 3 is 2.50 bits per heavy atom. The van der Waals surface area contributed by atoms with Gasteiger partial charge in [0.05, 0.1) is 6.54 Å². The maximum atomic E-state index is 11.8. The number of sulfonamides is 1. The second-order valence-corrected chi connectivity index (χ2v) is 6.03. The molecule has 0 bridgehead atoms. The number of carboxylic acids is 1. The molecule has 1 aliphatic heterocycles. The lowest BCUT2D eigenvalue weighted by molar-refractivity contribution is -0.128. The molecule has 1 aromatic rings. The molecule has 1 saturated heterocycles. The van der Waals surface area contributed by atoms with Gasteiger partial charge in [-0.2, -0.15) is 4.72 Å². The zero-order valence-electron chi connectivity index (χ0n) is 10.5. The van der Waals surface area contributed by atoms with E-state index in [4.69, 9.17) is 9.52 Å². The molecule has 20 heavy (non-hydrogen) atoms. The molecule has 1 aliphatic rings. The highest BCUT2D eigenvalue weighted by Gasteiger charge is 2.24. The maximum Gasteiger partial charge on any atom is 0.371 e. The summed E-state index contributed by atoms with van der Waals surface area (Å²) < 4.78 is 30.4. The molecule has 0 saturated carbocycles. The topological polar surface area (TPSA) is 117 Å². The summed E-state index contributed by atoms with van der Waals surface area (Å²) in [6.07, 6.45) is 1.83. The van der Waals surface area contributed by atoms with Crippen LogP contribution in [0.4, 0.5) is 0 Å². The van der Waals surface area contributed by atoms with Gasteiger partial charge < -0.3 is 14.4 Å². The first-order chi connectivity index (χ1) is 9.40. The first-order valence-electron chi connectivity index (χ1n) is 6.01. The molecule has 8 nitrogen and oxygen atoms in total. The molecular formula is C11H14N2O6S. The SMILES string of the molecule is O=C(O)c1ccc(S(=O)(=O)NCC(=O)N2CCCC2)o1. The summed E-state index contributed by atoms with van der Waals surface area (Å²) >= 11 is 0. The lowest BCUT2D eigenvalue weighted by Crippen LogP contribution is -2.38. The van der Waals surface area contributed by atoms with Gasteiger partial charge in [-0.1, -0.05) is 0 Å². The average molecular weight is 302 g/mol. The summed E-state index contributed by atoms with van der Waals surface area (Å²) in [6, 6.07) is 2.07. The van der Waals surface area contributed by atoms with E-state index in [2.05, 4.69) is 4.72 Å². The summed E-state index contributed by atoms with van der Waals surface area (Å²) in [6.45, 7) is 0.889. The molecule has 2 N–H and O–H groups in total. The highest BCUT2D eigenvalue weighted by Crippen LogP contribution is 2.14. The summed E-state index contributed by atoms with van der Waals surface area (Å²) in [7, 11) is -4.03. The molecule has 1 fully saturated rings. The lowest BCUT2D eigenvalue weighted by atomic mass is 10.4. The highest BCUT2D eigenvalue weighted by atomic mass is 32.2. The minimum absolute atomic E-state index is 0.309. The fourth-order valence-electron chi connectivity index (χ4n) is 1.89. The van der Waals surface area contributed by atoms with Crippen molar-refractivity contribution >= 4 is 21.9 Å². The van der Waals surface area contributed by atoms with Crippen LogP contribution in [0.2, 0.25) is 0 Å². The fraction of sp³-hybridized carbons (Fsp3) is 0.455. The maximum absolute atomic E-state index is 11.8. The number of nitrogens with one attached hydrogen (secondary N) is 1. The van der Waals surface area contributed by atoms with E-state index in [9.17, 15) is 18.0 Å². The van der Waals surface area contributed by atoms with E-state index in [0.717, 1.165) is 25.0 Å². The van der Waals surface area contributed by atoms with Gasteiger partial charge in [-0.3, -0.25) is 4.79 Å². The predicted octanol–water partition coefficient (Wildman–Crippen LogP) is -0.122. The van der Waals surface area contributed by atoms with E-state index < -0.39 is 26.8 Å². The predicted molar refractivity (Wildman–Crippen MR) is 66.7 cm³/mol. The monoisotopic (exact) mass is 302 g/mol. The number of hydrogen-bond acceptors (Lipinski definition) is 5. The van der Waals surface area contributed by atoms with Crippen LogP contribution < -0.4 is 4.72 Å². The Balaban J connectivity index is 1.99. The highest BCUT2D eigenvalue weighted by molar-refractivity contribution is 7.89. The molecule has 2 heterocycles. The molecule has 1 aromatic heterocycles. The number of amides is 1. The number of aromatic carboxylic acids is 1. The molecule has 0 aromatic carbocycles. The van der Waals surface area contributed by atoms with Crippen molar-refractivity contribution in [2.24, 2.45) is 0 Å². The number of likely N-dealkylation sites (tertiary alicyclic amines) is 1. The Hall–Kier alpha value is -1.87. The molecule has 0 aliphatic carbocycles. The smallest absolute Gasteiger partial charge is 0.371 e. The van der Waals surface area contributed by atoms with Gasteiger partial charge >= 0.3 is 5.97 Å². The van der Waals surface area contributed by atoms with E-state index in [1.54, 1.807) is 4.90 Å². The fourth-order valence-corrected chi connectivity index (χ4v) is 2.79. The third kappa shape index (κ3) is 3.17. The van der Waals surface area contributed by atoms with Crippen molar-refractivity contribution in [3.05, 3.63) is 17.9 Å². The zero-order valence-corrected chi connectivity index (χ0v) is 11.4. The summed E-state index contributed by atoms with van der Waals surface area (Å²) in [5.74, 6) is -2.15. The number of carbonyl (C=O) groups is 2. The van der Waals surface area contributed by atoms with Gasteiger partial charge in [-0.15, -0.1) is 0 Å². The quantitative estimate of drug-likeness (QED) is 0.783. The van der Waals surface area contributed by atoms with Gasteiger partial charge in [0.15, 0.2) is 0 Å². The molecule has 110 valence electrons.